The van der Waals surface area contributed by atoms with E-state index in [1.54, 1.807) is 30.1 Å². The molecule has 2 amide bonds. The van der Waals surface area contributed by atoms with Gasteiger partial charge in [0.1, 0.15) is 6.04 Å². The van der Waals surface area contributed by atoms with E-state index in [0.717, 1.165) is 22.3 Å². The molecular formula is C26H26Cl2N2O2. The Hall–Kier alpha value is -2.82. The van der Waals surface area contributed by atoms with Crippen molar-refractivity contribution in [2.75, 3.05) is 7.05 Å². The lowest BCUT2D eigenvalue weighted by atomic mass is 10.0. The molecule has 3 rings (SSSR count). The van der Waals surface area contributed by atoms with E-state index in [4.69, 9.17) is 23.2 Å². The summed E-state index contributed by atoms with van der Waals surface area (Å²) in [5.41, 5.74) is 3.66. The van der Waals surface area contributed by atoms with Gasteiger partial charge in [0.05, 0.1) is 6.42 Å². The summed E-state index contributed by atoms with van der Waals surface area (Å²) in [5.74, 6) is -0.369. The van der Waals surface area contributed by atoms with Crippen molar-refractivity contribution >= 4 is 35.0 Å². The molecule has 0 heterocycles. The fraction of sp³-hybridized carbons (Fsp3) is 0.231. The molecule has 0 aliphatic rings. The van der Waals surface area contributed by atoms with E-state index >= 15 is 0 Å². The lowest BCUT2D eigenvalue weighted by molar-refractivity contribution is -0.140. The van der Waals surface area contributed by atoms with Crippen molar-refractivity contribution in [2.45, 2.75) is 32.4 Å². The Morgan fingerprint density at radius 2 is 1.62 bits per heavy atom. The van der Waals surface area contributed by atoms with Crippen LogP contribution in [0.25, 0.3) is 0 Å². The first-order chi connectivity index (χ1) is 15.4. The van der Waals surface area contributed by atoms with Crippen LogP contribution in [-0.2, 0) is 29.0 Å². The third-order valence-corrected chi connectivity index (χ3v) is 6.06. The van der Waals surface area contributed by atoms with Gasteiger partial charge in [-0.05, 0) is 41.3 Å². The number of aryl methyl sites for hydroxylation is 1. The highest BCUT2D eigenvalue weighted by Crippen LogP contribution is 2.24. The van der Waals surface area contributed by atoms with Gasteiger partial charge in [0, 0.05) is 30.1 Å². The number of hydrogen-bond donors (Lipinski definition) is 1. The van der Waals surface area contributed by atoms with Crippen LogP contribution in [0.3, 0.4) is 0 Å². The van der Waals surface area contributed by atoms with Crippen molar-refractivity contribution in [1.29, 1.82) is 0 Å². The smallest absolute Gasteiger partial charge is 0.242 e. The van der Waals surface area contributed by atoms with Crippen molar-refractivity contribution in [3.8, 4) is 0 Å². The molecule has 0 aliphatic carbocycles. The minimum Gasteiger partial charge on any atom is -0.357 e. The maximum absolute atomic E-state index is 13.6. The van der Waals surface area contributed by atoms with Gasteiger partial charge in [-0.25, -0.2) is 0 Å². The molecule has 3 aromatic carbocycles. The summed E-state index contributed by atoms with van der Waals surface area (Å²) in [6.45, 7) is 2.18. The molecule has 1 atom stereocenters. The minimum absolute atomic E-state index is 0.144. The fourth-order valence-corrected chi connectivity index (χ4v) is 4.10. The molecule has 1 N–H and O–H groups in total. The average molecular weight is 469 g/mol. The summed E-state index contributed by atoms with van der Waals surface area (Å²) in [6, 6.07) is 21.9. The van der Waals surface area contributed by atoms with E-state index in [-0.39, 0.29) is 24.8 Å². The molecule has 166 valence electrons. The number of hydrogen-bond acceptors (Lipinski definition) is 2. The Morgan fingerprint density at radius 1 is 0.938 bits per heavy atom. The molecule has 0 unspecified atom stereocenters. The Kier molecular flexibility index (Phi) is 8.32. The molecule has 0 aliphatic heterocycles. The Bertz CT molecular complexity index is 1090. The summed E-state index contributed by atoms with van der Waals surface area (Å²) >= 11 is 12.5. The van der Waals surface area contributed by atoms with Crippen LogP contribution in [0.1, 0.15) is 22.3 Å². The van der Waals surface area contributed by atoms with Gasteiger partial charge in [-0.3, -0.25) is 9.59 Å². The topological polar surface area (TPSA) is 49.4 Å². The molecule has 0 bridgehead atoms. The molecule has 6 heteroatoms. The molecule has 0 aromatic heterocycles. The maximum Gasteiger partial charge on any atom is 0.242 e. The first-order valence-electron chi connectivity index (χ1n) is 10.4. The molecule has 0 saturated heterocycles. The van der Waals surface area contributed by atoms with E-state index in [1.807, 2.05) is 61.5 Å². The SMILES string of the molecule is CNC(=O)[C@@H](Cc1ccccc1)N(Cc1ccc(Cl)cc1Cl)C(=O)Cc1ccccc1C. The summed E-state index contributed by atoms with van der Waals surface area (Å²) in [6.07, 6.45) is 0.589. The number of benzene rings is 3. The molecule has 3 aromatic rings. The zero-order valence-electron chi connectivity index (χ0n) is 18.1. The highest BCUT2D eigenvalue weighted by atomic mass is 35.5. The van der Waals surface area contributed by atoms with Crippen LogP contribution in [0.15, 0.2) is 72.8 Å². The highest BCUT2D eigenvalue weighted by Gasteiger charge is 2.30. The van der Waals surface area contributed by atoms with Crippen LogP contribution in [-0.4, -0.2) is 29.8 Å². The van der Waals surface area contributed by atoms with E-state index in [0.29, 0.717) is 16.5 Å². The zero-order valence-corrected chi connectivity index (χ0v) is 19.7. The number of amides is 2. The van der Waals surface area contributed by atoms with Crippen molar-refractivity contribution < 1.29 is 9.59 Å². The summed E-state index contributed by atoms with van der Waals surface area (Å²) in [7, 11) is 1.58. The van der Waals surface area contributed by atoms with Gasteiger partial charge in [-0.2, -0.15) is 0 Å². The van der Waals surface area contributed by atoms with Crippen LogP contribution < -0.4 is 5.32 Å². The second-order valence-corrected chi connectivity index (χ2v) is 8.52. The lowest BCUT2D eigenvalue weighted by Gasteiger charge is -2.31. The Balaban J connectivity index is 1.98. The van der Waals surface area contributed by atoms with Gasteiger partial charge < -0.3 is 10.2 Å². The number of carbonyl (C=O) groups excluding carboxylic acids is 2. The van der Waals surface area contributed by atoms with Crippen LogP contribution in [0.2, 0.25) is 10.0 Å². The fourth-order valence-electron chi connectivity index (χ4n) is 3.63. The molecule has 0 saturated carbocycles. The van der Waals surface area contributed by atoms with Crippen LogP contribution >= 0.6 is 23.2 Å². The summed E-state index contributed by atoms with van der Waals surface area (Å²) in [5, 5.41) is 3.70. The number of nitrogens with one attached hydrogen (secondary N) is 1. The van der Waals surface area contributed by atoms with Crippen molar-refractivity contribution in [2.24, 2.45) is 0 Å². The number of carbonyl (C=O) groups is 2. The zero-order chi connectivity index (χ0) is 23.1. The van der Waals surface area contributed by atoms with E-state index < -0.39 is 6.04 Å². The van der Waals surface area contributed by atoms with Gasteiger partial charge in [0.2, 0.25) is 11.8 Å². The molecule has 0 radical (unpaired) electrons. The first kappa shape index (κ1) is 23.8. The number of rotatable bonds is 8. The Labute approximate surface area is 199 Å². The Morgan fingerprint density at radius 3 is 2.28 bits per heavy atom. The van der Waals surface area contributed by atoms with E-state index in [2.05, 4.69) is 5.32 Å². The monoisotopic (exact) mass is 468 g/mol. The predicted molar refractivity (Wildman–Crippen MR) is 130 cm³/mol. The quantitative estimate of drug-likeness (QED) is 0.491. The largest absolute Gasteiger partial charge is 0.357 e. The second-order valence-electron chi connectivity index (χ2n) is 7.68. The number of likely N-dealkylation sites (N-methyl/N-ethyl adjacent to an activating group) is 1. The molecule has 0 spiro atoms. The van der Waals surface area contributed by atoms with Crippen molar-refractivity contribution in [3.05, 3.63) is 105 Å². The molecular weight excluding hydrogens is 443 g/mol. The van der Waals surface area contributed by atoms with Gasteiger partial charge >= 0.3 is 0 Å². The number of halogens is 2. The normalized spacial score (nSPS) is 11.6. The minimum atomic E-state index is -0.689. The van der Waals surface area contributed by atoms with Gasteiger partial charge in [0.25, 0.3) is 0 Å². The molecule has 0 fully saturated rings. The predicted octanol–water partition coefficient (Wildman–Crippen LogP) is 5.23. The first-order valence-corrected chi connectivity index (χ1v) is 11.2. The van der Waals surface area contributed by atoms with Gasteiger partial charge in [0.15, 0.2) is 0 Å². The third kappa shape index (κ3) is 6.12. The lowest BCUT2D eigenvalue weighted by Crippen LogP contribution is -2.50. The van der Waals surface area contributed by atoms with Gasteiger partial charge in [-0.1, -0.05) is 83.9 Å². The summed E-state index contributed by atoms with van der Waals surface area (Å²) in [4.78, 5) is 28.1. The molecule has 32 heavy (non-hydrogen) atoms. The second kappa shape index (κ2) is 11.2. The van der Waals surface area contributed by atoms with Crippen LogP contribution in [0, 0.1) is 6.92 Å². The van der Waals surface area contributed by atoms with Crippen molar-refractivity contribution in [3.63, 3.8) is 0 Å². The van der Waals surface area contributed by atoms with E-state index in [9.17, 15) is 9.59 Å². The third-order valence-electron chi connectivity index (χ3n) is 5.48. The van der Waals surface area contributed by atoms with Crippen molar-refractivity contribution in [1.82, 2.24) is 10.2 Å². The average Bonchev–Trinajstić information content (AvgIpc) is 2.79. The van der Waals surface area contributed by atoms with Crippen LogP contribution in [0.5, 0.6) is 0 Å². The highest BCUT2D eigenvalue weighted by molar-refractivity contribution is 6.35. The van der Waals surface area contributed by atoms with Crippen LogP contribution in [0.4, 0.5) is 0 Å². The maximum atomic E-state index is 13.6. The standard InChI is InChI=1S/C26H26Cl2N2O2/c1-18-8-6-7-11-20(18)15-25(31)30(17-21-12-13-22(27)16-23(21)28)24(26(32)29-2)14-19-9-4-3-5-10-19/h3-13,16,24H,14-15,17H2,1-2H3,(H,29,32)/t24-/m1/s1. The summed E-state index contributed by atoms with van der Waals surface area (Å²) < 4.78 is 0. The molecule has 4 nitrogen and oxygen atoms in total. The number of nitrogens with zero attached hydrogens (tertiary/aromatic N) is 1. The van der Waals surface area contributed by atoms with Gasteiger partial charge in [-0.15, -0.1) is 0 Å². The van der Waals surface area contributed by atoms with E-state index in [1.165, 1.54) is 0 Å².